The van der Waals surface area contributed by atoms with Gasteiger partial charge in [-0.05, 0) is 55.0 Å². The maximum absolute atomic E-state index is 10.2. The van der Waals surface area contributed by atoms with Crippen LogP contribution in [-0.4, -0.2) is 11.2 Å². The van der Waals surface area contributed by atoms with Crippen LogP contribution in [0.2, 0.25) is 10.0 Å². The van der Waals surface area contributed by atoms with Gasteiger partial charge in [-0.2, -0.15) is 0 Å². The summed E-state index contributed by atoms with van der Waals surface area (Å²) >= 11 is 12.0. The van der Waals surface area contributed by atoms with Gasteiger partial charge in [0.1, 0.15) is 0 Å². The van der Waals surface area contributed by atoms with Gasteiger partial charge in [0.15, 0.2) is 0 Å². The number of aryl methyl sites for hydroxylation is 2. The van der Waals surface area contributed by atoms with Gasteiger partial charge < -0.3 is 5.11 Å². The van der Waals surface area contributed by atoms with Crippen molar-refractivity contribution in [3.63, 3.8) is 0 Å². The molecule has 3 heteroatoms. The molecule has 20 heavy (non-hydrogen) atoms. The number of rotatable bonds is 5. The summed E-state index contributed by atoms with van der Waals surface area (Å²) in [5.74, 6) is 0. The third kappa shape index (κ3) is 4.24. The third-order valence-corrected chi connectivity index (χ3v) is 4.07. The molecule has 1 N–H and O–H groups in total. The summed E-state index contributed by atoms with van der Waals surface area (Å²) in [7, 11) is 0. The first-order valence-electron chi connectivity index (χ1n) is 6.73. The van der Waals surface area contributed by atoms with Gasteiger partial charge in [0.05, 0.1) is 6.10 Å². The number of halogens is 2. The second kappa shape index (κ2) is 7.12. The quantitative estimate of drug-likeness (QED) is 0.838. The molecule has 0 bridgehead atoms. The van der Waals surface area contributed by atoms with E-state index in [-0.39, 0.29) is 0 Å². The molecule has 0 spiro atoms. The van der Waals surface area contributed by atoms with Crippen LogP contribution in [0.1, 0.15) is 23.1 Å². The van der Waals surface area contributed by atoms with Crippen LogP contribution in [0.25, 0.3) is 0 Å². The lowest BCUT2D eigenvalue weighted by Gasteiger charge is -2.13. The van der Waals surface area contributed by atoms with Gasteiger partial charge in [0.25, 0.3) is 0 Å². The molecular weight excluding hydrogens is 291 g/mol. The first-order chi connectivity index (χ1) is 9.56. The molecule has 0 aliphatic heterocycles. The Morgan fingerprint density at radius 1 is 1.05 bits per heavy atom. The van der Waals surface area contributed by atoms with Gasteiger partial charge in [0.2, 0.25) is 0 Å². The third-order valence-electron chi connectivity index (χ3n) is 3.48. The monoisotopic (exact) mass is 308 g/mol. The SMILES string of the molecule is Cc1ccccc1CCC(O)Cc1ccc(Cl)cc1Cl. The highest BCUT2D eigenvalue weighted by atomic mass is 35.5. The second-order valence-electron chi connectivity index (χ2n) is 5.06. The number of aliphatic hydroxyl groups is 1. The molecule has 106 valence electrons. The van der Waals surface area contributed by atoms with Gasteiger partial charge in [-0.3, -0.25) is 0 Å². The van der Waals surface area contributed by atoms with Crippen molar-refractivity contribution in [1.29, 1.82) is 0 Å². The Labute approximate surface area is 130 Å². The molecule has 0 saturated carbocycles. The van der Waals surface area contributed by atoms with Crippen LogP contribution in [0.3, 0.4) is 0 Å². The molecule has 1 atom stereocenters. The average Bonchev–Trinajstić information content (AvgIpc) is 2.41. The fourth-order valence-electron chi connectivity index (χ4n) is 2.26. The maximum atomic E-state index is 10.2. The smallest absolute Gasteiger partial charge is 0.0584 e. The first-order valence-corrected chi connectivity index (χ1v) is 7.48. The molecule has 0 aliphatic rings. The molecule has 2 aromatic carbocycles. The topological polar surface area (TPSA) is 20.2 Å². The lowest BCUT2D eigenvalue weighted by atomic mass is 9.99. The molecule has 0 radical (unpaired) electrons. The zero-order valence-corrected chi connectivity index (χ0v) is 13.0. The fraction of sp³-hybridized carbons (Fsp3) is 0.294. The van der Waals surface area contributed by atoms with Gasteiger partial charge in [0, 0.05) is 10.0 Å². The minimum Gasteiger partial charge on any atom is -0.393 e. The van der Waals surface area contributed by atoms with Crippen LogP contribution in [0, 0.1) is 6.92 Å². The summed E-state index contributed by atoms with van der Waals surface area (Å²) in [6, 6.07) is 13.7. The van der Waals surface area contributed by atoms with E-state index in [0.29, 0.717) is 16.5 Å². The molecular formula is C17H18Cl2O. The van der Waals surface area contributed by atoms with E-state index in [9.17, 15) is 5.11 Å². The number of hydrogen-bond acceptors (Lipinski definition) is 1. The number of hydrogen-bond donors (Lipinski definition) is 1. The largest absolute Gasteiger partial charge is 0.393 e. The molecule has 0 heterocycles. The van der Waals surface area contributed by atoms with Crippen LogP contribution < -0.4 is 0 Å². The molecule has 0 aromatic heterocycles. The minimum absolute atomic E-state index is 0.395. The van der Waals surface area contributed by atoms with Crippen molar-refractivity contribution >= 4 is 23.2 Å². The molecule has 1 nitrogen and oxygen atoms in total. The summed E-state index contributed by atoms with van der Waals surface area (Å²) in [6.07, 6.45) is 1.76. The molecule has 0 amide bonds. The molecule has 0 fully saturated rings. The molecule has 1 unspecified atom stereocenters. The van der Waals surface area contributed by atoms with E-state index >= 15 is 0 Å². The van der Waals surface area contributed by atoms with Gasteiger partial charge in [-0.15, -0.1) is 0 Å². The predicted molar refractivity (Wildman–Crippen MR) is 85.7 cm³/mol. The molecule has 0 aliphatic carbocycles. The predicted octanol–water partition coefficient (Wildman–Crippen LogP) is 4.84. The van der Waals surface area contributed by atoms with E-state index in [1.807, 2.05) is 18.2 Å². The number of aliphatic hydroxyl groups excluding tert-OH is 1. The molecule has 2 aromatic rings. The zero-order chi connectivity index (χ0) is 14.5. The first kappa shape index (κ1) is 15.4. The Morgan fingerprint density at radius 2 is 1.80 bits per heavy atom. The highest BCUT2D eigenvalue weighted by Gasteiger charge is 2.10. The summed E-state index contributed by atoms with van der Waals surface area (Å²) in [6.45, 7) is 2.10. The van der Waals surface area contributed by atoms with Crippen LogP contribution in [-0.2, 0) is 12.8 Å². The van der Waals surface area contributed by atoms with Gasteiger partial charge >= 0.3 is 0 Å². The van der Waals surface area contributed by atoms with Crippen LogP contribution in [0.15, 0.2) is 42.5 Å². The standard InChI is InChI=1S/C17H18Cl2O/c1-12-4-2-3-5-13(12)7-9-16(20)10-14-6-8-15(18)11-17(14)19/h2-6,8,11,16,20H,7,9-10H2,1H3. The van der Waals surface area contributed by atoms with E-state index in [1.54, 1.807) is 12.1 Å². The Morgan fingerprint density at radius 3 is 2.50 bits per heavy atom. The Balaban J connectivity index is 1.92. The summed E-state index contributed by atoms with van der Waals surface area (Å²) in [5.41, 5.74) is 3.49. The summed E-state index contributed by atoms with van der Waals surface area (Å²) in [5, 5.41) is 11.4. The lowest BCUT2D eigenvalue weighted by molar-refractivity contribution is 0.165. The van der Waals surface area contributed by atoms with Crippen LogP contribution >= 0.6 is 23.2 Å². The van der Waals surface area contributed by atoms with Crippen molar-refractivity contribution in [2.75, 3.05) is 0 Å². The van der Waals surface area contributed by atoms with E-state index in [4.69, 9.17) is 23.2 Å². The molecule has 0 saturated heterocycles. The van der Waals surface area contributed by atoms with Crippen molar-refractivity contribution in [2.24, 2.45) is 0 Å². The Kier molecular flexibility index (Phi) is 5.47. The fourth-order valence-corrected chi connectivity index (χ4v) is 2.74. The maximum Gasteiger partial charge on any atom is 0.0584 e. The normalized spacial score (nSPS) is 12.4. The van der Waals surface area contributed by atoms with Crippen LogP contribution in [0.5, 0.6) is 0 Å². The Bertz CT molecular complexity index is 581. The lowest BCUT2D eigenvalue weighted by Crippen LogP contribution is -2.12. The van der Waals surface area contributed by atoms with Crippen molar-refractivity contribution in [2.45, 2.75) is 32.3 Å². The van der Waals surface area contributed by atoms with Gasteiger partial charge in [-0.25, -0.2) is 0 Å². The minimum atomic E-state index is -0.395. The van der Waals surface area contributed by atoms with Crippen molar-refractivity contribution in [3.05, 3.63) is 69.2 Å². The highest BCUT2D eigenvalue weighted by molar-refractivity contribution is 6.35. The van der Waals surface area contributed by atoms with Crippen LogP contribution in [0.4, 0.5) is 0 Å². The Hall–Kier alpha value is -1.02. The van der Waals surface area contributed by atoms with E-state index in [0.717, 1.165) is 18.4 Å². The van der Waals surface area contributed by atoms with Crippen molar-refractivity contribution in [1.82, 2.24) is 0 Å². The zero-order valence-electron chi connectivity index (χ0n) is 11.4. The van der Waals surface area contributed by atoms with E-state index in [2.05, 4.69) is 19.1 Å². The average molecular weight is 309 g/mol. The van der Waals surface area contributed by atoms with Crippen molar-refractivity contribution in [3.8, 4) is 0 Å². The van der Waals surface area contributed by atoms with E-state index < -0.39 is 6.10 Å². The van der Waals surface area contributed by atoms with Gasteiger partial charge in [-0.1, -0.05) is 53.5 Å². The summed E-state index contributed by atoms with van der Waals surface area (Å²) < 4.78 is 0. The van der Waals surface area contributed by atoms with E-state index in [1.165, 1.54) is 11.1 Å². The van der Waals surface area contributed by atoms with Crippen molar-refractivity contribution < 1.29 is 5.11 Å². The second-order valence-corrected chi connectivity index (χ2v) is 5.90. The highest BCUT2D eigenvalue weighted by Crippen LogP contribution is 2.23. The number of benzene rings is 2. The molecule has 2 rings (SSSR count). The summed E-state index contributed by atoms with van der Waals surface area (Å²) in [4.78, 5) is 0.